The molecule has 6 heteroatoms. The summed E-state index contributed by atoms with van der Waals surface area (Å²) in [5, 5.41) is 5.84. The number of hydrogen-bond acceptors (Lipinski definition) is 5. The van der Waals surface area contributed by atoms with Crippen molar-refractivity contribution in [2.45, 2.75) is 6.42 Å². The highest BCUT2D eigenvalue weighted by molar-refractivity contribution is 5.95. The van der Waals surface area contributed by atoms with Crippen LogP contribution in [-0.4, -0.2) is 39.2 Å². The Bertz CT molecular complexity index is 731. The lowest BCUT2D eigenvalue weighted by atomic mass is 10.1. The van der Waals surface area contributed by atoms with Gasteiger partial charge in [-0.1, -0.05) is 24.3 Å². The van der Waals surface area contributed by atoms with E-state index in [4.69, 9.17) is 4.74 Å². The van der Waals surface area contributed by atoms with Gasteiger partial charge in [0.05, 0.1) is 26.3 Å². The van der Waals surface area contributed by atoms with Gasteiger partial charge in [0.1, 0.15) is 5.75 Å². The molecule has 0 aromatic heterocycles. The molecule has 0 unspecified atom stereocenters. The third kappa shape index (κ3) is 5.61. The maximum atomic E-state index is 12.0. The van der Waals surface area contributed by atoms with Crippen LogP contribution >= 0.6 is 0 Å². The van der Waals surface area contributed by atoms with Crippen LogP contribution in [0.1, 0.15) is 15.9 Å². The molecule has 0 heterocycles. The number of amides is 1. The van der Waals surface area contributed by atoms with Crippen LogP contribution in [0.15, 0.2) is 48.5 Å². The van der Waals surface area contributed by atoms with Gasteiger partial charge in [0, 0.05) is 5.69 Å². The third-order valence-corrected chi connectivity index (χ3v) is 3.62. The van der Waals surface area contributed by atoms with E-state index in [-0.39, 0.29) is 12.5 Å². The van der Waals surface area contributed by atoms with Crippen molar-refractivity contribution >= 4 is 17.6 Å². The molecule has 0 fully saturated rings. The van der Waals surface area contributed by atoms with Gasteiger partial charge in [-0.3, -0.25) is 4.79 Å². The fourth-order valence-corrected chi connectivity index (χ4v) is 2.38. The van der Waals surface area contributed by atoms with Gasteiger partial charge >= 0.3 is 5.97 Å². The van der Waals surface area contributed by atoms with Gasteiger partial charge in [-0.05, 0) is 42.8 Å². The molecular formula is C19H22N2O4. The van der Waals surface area contributed by atoms with Gasteiger partial charge in [0.2, 0.25) is 5.91 Å². The molecule has 132 valence electrons. The topological polar surface area (TPSA) is 76.7 Å². The molecule has 25 heavy (non-hydrogen) atoms. The number of para-hydroxylation sites is 1. The van der Waals surface area contributed by atoms with Crippen molar-refractivity contribution in [2.24, 2.45) is 0 Å². The van der Waals surface area contributed by atoms with Gasteiger partial charge in [-0.2, -0.15) is 0 Å². The normalized spacial score (nSPS) is 10.2. The average Bonchev–Trinajstić information content (AvgIpc) is 2.65. The number of rotatable bonds is 8. The zero-order valence-corrected chi connectivity index (χ0v) is 14.4. The first-order valence-corrected chi connectivity index (χ1v) is 7.95. The molecule has 0 spiro atoms. The molecule has 2 aromatic carbocycles. The lowest BCUT2D eigenvalue weighted by molar-refractivity contribution is -0.115. The van der Waals surface area contributed by atoms with E-state index in [9.17, 15) is 9.59 Å². The Morgan fingerprint density at radius 3 is 2.60 bits per heavy atom. The summed E-state index contributed by atoms with van der Waals surface area (Å²) in [5.41, 5.74) is 2.03. The molecule has 0 bridgehead atoms. The second-order valence-electron chi connectivity index (χ2n) is 5.36. The molecular weight excluding hydrogens is 320 g/mol. The van der Waals surface area contributed by atoms with Crippen LogP contribution in [0.4, 0.5) is 5.69 Å². The fraction of sp³-hybridized carbons (Fsp3) is 0.263. The Labute approximate surface area is 147 Å². The van der Waals surface area contributed by atoms with Crippen molar-refractivity contribution in [1.82, 2.24) is 5.32 Å². The van der Waals surface area contributed by atoms with Crippen molar-refractivity contribution in [3.8, 4) is 5.75 Å². The summed E-state index contributed by atoms with van der Waals surface area (Å²) in [6.45, 7) is 0.827. The summed E-state index contributed by atoms with van der Waals surface area (Å²) in [4.78, 5) is 23.5. The SMILES string of the molecule is COC(=O)c1cccc(NC(=O)CNCCc2ccccc2OC)c1. The van der Waals surface area contributed by atoms with E-state index >= 15 is 0 Å². The van der Waals surface area contributed by atoms with Crippen LogP contribution in [0.2, 0.25) is 0 Å². The molecule has 0 aliphatic carbocycles. The highest BCUT2D eigenvalue weighted by Crippen LogP contribution is 2.17. The van der Waals surface area contributed by atoms with Crippen LogP contribution < -0.4 is 15.4 Å². The van der Waals surface area contributed by atoms with Gasteiger partial charge < -0.3 is 20.1 Å². The quantitative estimate of drug-likeness (QED) is 0.568. The largest absolute Gasteiger partial charge is 0.496 e. The number of carbonyl (C=O) groups excluding carboxylic acids is 2. The summed E-state index contributed by atoms with van der Waals surface area (Å²) in [5.74, 6) is 0.224. The van der Waals surface area contributed by atoms with E-state index < -0.39 is 5.97 Å². The number of benzene rings is 2. The number of ether oxygens (including phenoxy) is 2. The zero-order chi connectivity index (χ0) is 18.1. The van der Waals surface area contributed by atoms with Crippen LogP contribution in [0.5, 0.6) is 5.75 Å². The average molecular weight is 342 g/mol. The predicted molar refractivity (Wildman–Crippen MR) is 96.0 cm³/mol. The van der Waals surface area contributed by atoms with Crippen molar-refractivity contribution < 1.29 is 19.1 Å². The maximum absolute atomic E-state index is 12.0. The van der Waals surface area contributed by atoms with Gasteiger partial charge in [-0.15, -0.1) is 0 Å². The van der Waals surface area contributed by atoms with Crippen molar-refractivity contribution in [2.75, 3.05) is 32.6 Å². The minimum absolute atomic E-state index is 0.178. The molecule has 0 aliphatic heterocycles. The number of nitrogens with one attached hydrogen (secondary N) is 2. The number of anilines is 1. The van der Waals surface area contributed by atoms with E-state index in [0.29, 0.717) is 17.8 Å². The number of methoxy groups -OCH3 is 2. The van der Waals surface area contributed by atoms with Crippen molar-refractivity contribution in [1.29, 1.82) is 0 Å². The molecule has 0 radical (unpaired) electrons. The van der Waals surface area contributed by atoms with E-state index in [1.54, 1.807) is 31.4 Å². The van der Waals surface area contributed by atoms with Crippen molar-refractivity contribution in [3.05, 3.63) is 59.7 Å². The van der Waals surface area contributed by atoms with Crippen LogP contribution in [0.3, 0.4) is 0 Å². The first-order chi connectivity index (χ1) is 12.1. The summed E-state index contributed by atoms with van der Waals surface area (Å²) in [6.07, 6.45) is 0.759. The summed E-state index contributed by atoms with van der Waals surface area (Å²) in [7, 11) is 2.96. The van der Waals surface area contributed by atoms with E-state index in [1.165, 1.54) is 7.11 Å². The van der Waals surface area contributed by atoms with Crippen LogP contribution in [0.25, 0.3) is 0 Å². The Morgan fingerprint density at radius 1 is 1.04 bits per heavy atom. The molecule has 6 nitrogen and oxygen atoms in total. The highest BCUT2D eigenvalue weighted by Gasteiger charge is 2.08. The highest BCUT2D eigenvalue weighted by atomic mass is 16.5. The number of esters is 1. The van der Waals surface area contributed by atoms with Gasteiger partial charge in [0.15, 0.2) is 0 Å². The Morgan fingerprint density at radius 2 is 1.84 bits per heavy atom. The third-order valence-electron chi connectivity index (χ3n) is 3.62. The van der Waals surface area contributed by atoms with Gasteiger partial charge in [0.25, 0.3) is 0 Å². The molecule has 2 N–H and O–H groups in total. The smallest absolute Gasteiger partial charge is 0.337 e. The first kappa shape index (κ1) is 18.5. The van der Waals surface area contributed by atoms with Gasteiger partial charge in [-0.25, -0.2) is 4.79 Å². The Balaban J connectivity index is 1.78. The molecule has 1 amide bonds. The molecule has 0 atom stereocenters. The van der Waals surface area contributed by atoms with E-state index in [2.05, 4.69) is 15.4 Å². The lowest BCUT2D eigenvalue weighted by Gasteiger charge is -2.10. The molecule has 0 aliphatic rings. The number of carbonyl (C=O) groups is 2. The van der Waals surface area contributed by atoms with Crippen molar-refractivity contribution in [3.63, 3.8) is 0 Å². The lowest BCUT2D eigenvalue weighted by Crippen LogP contribution is -2.29. The zero-order valence-electron chi connectivity index (χ0n) is 14.4. The minimum atomic E-state index is -0.439. The molecule has 0 saturated heterocycles. The van der Waals surface area contributed by atoms with E-state index in [0.717, 1.165) is 17.7 Å². The van der Waals surface area contributed by atoms with Crippen LogP contribution in [0, 0.1) is 0 Å². The second-order valence-corrected chi connectivity index (χ2v) is 5.36. The fourth-order valence-electron chi connectivity index (χ4n) is 2.38. The monoisotopic (exact) mass is 342 g/mol. The Kier molecular flexibility index (Phi) is 6.98. The summed E-state index contributed by atoms with van der Waals surface area (Å²) < 4.78 is 9.96. The predicted octanol–water partition coefficient (Wildman–Crippen LogP) is 2.25. The molecule has 0 saturated carbocycles. The Hall–Kier alpha value is -2.86. The molecule has 2 rings (SSSR count). The standard InChI is InChI=1S/C19H22N2O4/c1-24-17-9-4-3-6-14(17)10-11-20-13-18(22)21-16-8-5-7-15(12-16)19(23)25-2/h3-9,12,20H,10-11,13H2,1-2H3,(H,21,22). The second kappa shape index (κ2) is 9.44. The minimum Gasteiger partial charge on any atom is -0.496 e. The molecule has 2 aromatic rings. The first-order valence-electron chi connectivity index (χ1n) is 7.95. The number of hydrogen-bond donors (Lipinski definition) is 2. The van der Waals surface area contributed by atoms with E-state index in [1.807, 2.05) is 24.3 Å². The summed E-state index contributed by atoms with van der Waals surface area (Å²) in [6, 6.07) is 14.4. The summed E-state index contributed by atoms with van der Waals surface area (Å²) >= 11 is 0. The maximum Gasteiger partial charge on any atom is 0.337 e. The van der Waals surface area contributed by atoms with Crippen LogP contribution in [-0.2, 0) is 16.0 Å².